The van der Waals surface area contributed by atoms with Crippen LogP contribution in [-0.4, -0.2) is 91.0 Å². The highest BCUT2D eigenvalue weighted by atomic mass is 19.1. The van der Waals surface area contributed by atoms with Gasteiger partial charge in [-0.05, 0) is 37.6 Å². The number of hydrogen-bond acceptors (Lipinski definition) is 5. The number of fused-ring (bicyclic) bond motifs is 1. The van der Waals surface area contributed by atoms with Gasteiger partial charge in [-0.1, -0.05) is 12.1 Å². The number of nitrogens with one attached hydrogen (secondary N) is 2. The Morgan fingerprint density at radius 2 is 1.93 bits per heavy atom. The van der Waals surface area contributed by atoms with Gasteiger partial charge in [0.2, 0.25) is 11.8 Å². The molecule has 0 spiro atoms. The first-order valence-corrected chi connectivity index (χ1v) is 11.0. The number of likely N-dealkylation sites (N-methyl/N-ethyl adjacent to an activating group) is 1. The lowest BCUT2D eigenvalue weighted by Crippen LogP contribution is -2.58. The predicted molar refractivity (Wildman–Crippen MR) is 112 cm³/mol. The fourth-order valence-electron chi connectivity index (χ4n) is 4.76. The zero-order valence-corrected chi connectivity index (χ0v) is 17.6. The maximum absolute atomic E-state index is 13.1. The van der Waals surface area contributed by atoms with E-state index < -0.39 is 0 Å². The van der Waals surface area contributed by atoms with Crippen LogP contribution in [0.15, 0.2) is 24.3 Å². The monoisotopic (exact) mass is 417 g/mol. The molecule has 164 valence electrons. The van der Waals surface area contributed by atoms with Crippen molar-refractivity contribution in [3.8, 4) is 0 Å². The Labute approximate surface area is 177 Å². The number of rotatable bonds is 6. The van der Waals surface area contributed by atoms with Gasteiger partial charge in [0.25, 0.3) is 0 Å². The second kappa shape index (κ2) is 9.41. The van der Waals surface area contributed by atoms with Crippen molar-refractivity contribution < 1.29 is 14.0 Å². The third kappa shape index (κ3) is 4.99. The van der Waals surface area contributed by atoms with Crippen molar-refractivity contribution in [1.82, 2.24) is 25.3 Å². The summed E-state index contributed by atoms with van der Waals surface area (Å²) in [4.78, 5) is 31.5. The van der Waals surface area contributed by atoms with Gasteiger partial charge in [-0.15, -0.1) is 0 Å². The average Bonchev–Trinajstić information content (AvgIpc) is 3.18. The Balaban J connectivity index is 1.28. The van der Waals surface area contributed by atoms with Crippen LogP contribution in [0.3, 0.4) is 0 Å². The maximum atomic E-state index is 13.1. The van der Waals surface area contributed by atoms with Crippen LogP contribution in [0.2, 0.25) is 0 Å². The fraction of sp³-hybridized carbons (Fsp3) is 0.636. The fourth-order valence-corrected chi connectivity index (χ4v) is 4.76. The average molecular weight is 418 g/mol. The summed E-state index contributed by atoms with van der Waals surface area (Å²) in [6, 6.07) is 6.77. The van der Waals surface area contributed by atoms with Gasteiger partial charge >= 0.3 is 0 Å². The highest BCUT2D eigenvalue weighted by Crippen LogP contribution is 2.26. The van der Waals surface area contributed by atoms with Gasteiger partial charge in [-0.2, -0.15) is 0 Å². The van der Waals surface area contributed by atoms with Crippen molar-refractivity contribution in [2.75, 3.05) is 46.3 Å². The van der Waals surface area contributed by atoms with Gasteiger partial charge in [0.05, 0.1) is 6.04 Å². The SMILES string of the molecule is CN1CCN(C(=O)CCC2CNC(=O)C3CC(NCc4ccc(F)cc4)CN23)CC1. The first-order chi connectivity index (χ1) is 14.5. The van der Waals surface area contributed by atoms with E-state index >= 15 is 0 Å². The molecular formula is C22H32FN5O2. The Kier molecular flexibility index (Phi) is 6.65. The Bertz CT molecular complexity index is 750. The molecule has 8 heteroatoms. The lowest BCUT2D eigenvalue weighted by Gasteiger charge is -2.38. The lowest BCUT2D eigenvalue weighted by molar-refractivity contribution is -0.133. The molecule has 1 aromatic rings. The van der Waals surface area contributed by atoms with E-state index in [2.05, 4.69) is 27.5 Å². The molecule has 3 atom stereocenters. The van der Waals surface area contributed by atoms with Crippen LogP contribution in [0, 0.1) is 5.82 Å². The minimum absolute atomic E-state index is 0.0859. The largest absolute Gasteiger partial charge is 0.353 e. The smallest absolute Gasteiger partial charge is 0.237 e. The van der Waals surface area contributed by atoms with E-state index in [4.69, 9.17) is 0 Å². The molecule has 2 N–H and O–H groups in total. The topological polar surface area (TPSA) is 67.9 Å². The number of hydrogen-bond donors (Lipinski definition) is 2. The summed E-state index contributed by atoms with van der Waals surface area (Å²) in [5.41, 5.74) is 1.03. The summed E-state index contributed by atoms with van der Waals surface area (Å²) < 4.78 is 13.1. The summed E-state index contributed by atoms with van der Waals surface area (Å²) in [6.07, 6.45) is 2.06. The minimum Gasteiger partial charge on any atom is -0.353 e. The van der Waals surface area contributed by atoms with Crippen LogP contribution in [0.5, 0.6) is 0 Å². The number of carbonyl (C=O) groups excluding carboxylic acids is 2. The van der Waals surface area contributed by atoms with Gasteiger partial charge in [-0.3, -0.25) is 14.5 Å². The van der Waals surface area contributed by atoms with E-state index in [9.17, 15) is 14.0 Å². The number of piperazine rings is 2. The molecule has 3 saturated heterocycles. The zero-order chi connectivity index (χ0) is 21.1. The van der Waals surface area contributed by atoms with Gasteiger partial charge in [0.1, 0.15) is 5.82 Å². The molecule has 3 heterocycles. The second-order valence-electron chi connectivity index (χ2n) is 8.77. The van der Waals surface area contributed by atoms with E-state index in [0.29, 0.717) is 19.5 Å². The third-order valence-electron chi connectivity index (χ3n) is 6.68. The van der Waals surface area contributed by atoms with Crippen molar-refractivity contribution in [3.63, 3.8) is 0 Å². The molecule has 0 radical (unpaired) electrons. The second-order valence-corrected chi connectivity index (χ2v) is 8.77. The summed E-state index contributed by atoms with van der Waals surface area (Å²) >= 11 is 0. The number of halogens is 1. The molecule has 0 aliphatic carbocycles. The molecule has 30 heavy (non-hydrogen) atoms. The summed E-state index contributed by atoms with van der Waals surface area (Å²) in [7, 11) is 2.08. The third-order valence-corrected chi connectivity index (χ3v) is 6.68. The van der Waals surface area contributed by atoms with E-state index in [1.165, 1.54) is 12.1 Å². The van der Waals surface area contributed by atoms with E-state index in [-0.39, 0.29) is 35.8 Å². The minimum atomic E-state index is -0.234. The Hall–Kier alpha value is -2.03. The number of benzene rings is 1. The van der Waals surface area contributed by atoms with E-state index in [0.717, 1.165) is 51.1 Å². The number of amides is 2. The number of carbonyl (C=O) groups is 2. The molecule has 0 aromatic heterocycles. The lowest BCUT2D eigenvalue weighted by atomic mass is 10.0. The molecule has 3 aliphatic rings. The van der Waals surface area contributed by atoms with Gasteiger partial charge in [-0.25, -0.2) is 4.39 Å². The maximum Gasteiger partial charge on any atom is 0.237 e. The van der Waals surface area contributed by atoms with Crippen molar-refractivity contribution in [3.05, 3.63) is 35.6 Å². The predicted octanol–water partition coefficient (Wildman–Crippen LogP) is 0.411. The van der Waals surface area contributed by atoms with Crippen LogP contribution in [0.25, 0.3) is 0 Å². The van der Waals surface area contributed by atoms with Gasteiger partial charge < -0.3 is 20.4 Å². The van der Waals surface area contributed by atoms with Gasteiger partial charge in [0, 0.05) is 64.3 Å². The van der Waals surface area contributed by atoms with E-state index in [1.54, 1.807) is 12.1 Å². The van der Waals surface area contributed by atoms with Crippen molar-refractivity contribution in [1.29, 1.82) is 0 Å². The van der Waals surface area contributed by atoms with Crippen molar-refractivity contribution >= 4 is 11.8 Å². The molecule has 3 unspecified atom stereocenters. The molecule has 3 fully saturated rings. The molecule has 3 aliphatic heterocycles. The van der Waals surface area contributed by atoms with Crippen LogP contribution in [0.4, 0.5) is 4.39 Å². The molecule has 2 amide bonds. The summed E-state index contributed by atoms with van der Waals surface area (Å²) in [5.74, 6) is 0.0758. The molecule has 1 aromatic carbocycles. The van der Waals surface area contributed by atoms with Crippen LogP contribution in [0.1, 0.15) is 24.8 Å². The van der Waals surface area contributed by atoms with Crippen LogP contribution >= 0.6 is 0 Å². The van der Waals surface area contributed by atoms with Gasteiger partial charge in [0.15, 0.2) is 0 Å². The molecule has 4 rings (SSSR count). The van der Waals surface area contributed by atoms with Crippen LogP contribution in [-0.2, 0) is 16.1 Å². The quantitative estimate of drug-likeness (QED) is 0.702. The van der Waals surface area contributed by atoms with Crippen molar-refractivity contribution in [2.24, 2.45) is 0 Å². The first-order valence-electron chi connectivity index (χ1n) is 11.0. The Morgan fingerprint density at radius 1 is 1.20 bits per heavy atom. The van der Waals surface area contributed by atoms with Crippen molar-refractivity contribution in [2.45, 2.75) is 43.9 Å². The highest BCUT2D eigenvalue weighted by Gasteiger charge is 2.43. The zero-order valence-electron chi connectivity index (χ0n) is 17.6. The Morgan fingerprint density at radius 3 is 2.67 bits per heavy atom. The molecule has 7 nitrogen and oxygen atoms in total. The standard InChI is InChI=1S/C22H32FN5O2/c1-26-8-10-27(11-9-26)21(29)7-6-19-14-25-22(30)20-12-18(15-28(19)20)24-13-16-2-4-17(23)5-3-16/h2-5,18-20,24H,6-15H2,1H3,(H,25,30). The first kappa shape index (κ1) is 21.2. The van der Waals surface area contributed by atoms with Crippen LogP contribution < -0.4 is 10.6 Å². The van der Waals surface area contributed by atoms with E-state index in [1.807, 2.05) is 4.90 Å². The molecular weight excluding hydrogens is 385 g/mol. The summed E-state index contributed by atoms with van der Waals surface area (Å²) in [5, 5.41) is 6.54. The highest BCUT2D eigenvalue weighted by molar-refractivity contribution is 5.83. The summed E-state index contributed by atoms with van der Waals surface area (Å²) in [6.45, 7) is 5.53. The molecule has 0 saturated carbocycles. The normalized spacial score (nSPS) is 27.7. The molecule has 0 bridgehead atoms. The number of nitrogens with zero attached hydrogens (tertiary/aromatic N) is 3.